The minimum Gasteiger partial charge on any atom is -0.368 e. The first-order chi connectivity index (χ1) is 9.47. The molecular formula is C17H27ClN2. The van der Waals surface area contributed by atoms with Crippen LogP contribution in [0.25, 0.3) is 0 Å². The molecule has 0 saturated carbocycles. The van der Waals surface area contributed by atoms with Gasteiger partial charge in [0.2, 0.25) is 0 Å². The van der Waals surface area contributed by atoms with Crippen LogP contribution in [0.4, 0.5) is 5.69 Å². The molecule has 0 aliphatic carbocycles. The van der Waals surface area contributed by atoms with Crippen molar-refractivity contribution in [3.8, 4) is 0 Å². The van der Waals surface area contributed by atoms with E-state index in [9.17, 15) is 0 Å². The monoisotopic (exact) mass is 294 g/mol. The van der Waals surface area contributed by atoms with Crippen LogP contribution >= 0.6 is 11.6 Å². The van der Waals surface area contributed by atoms with Crippen molar-refractivity contribution in [3.63, 3.8) is 0 Å². The highest BCUT2D eigenvalue weighted by atomic mass is 35.5. The maximum atomic E-state index is 6.18. The van der Waals surface area contributed by atoms with Crippen LogP contribution in [0, 0.1) is 11.8 Å². The molecular weight excluding hydrogens is 268 g/mol. The first kappa shape index (κ1) is 15.7. The third kappa shape index (κ3) is 3.89. The summed E-state index contributed by atoms with van der Waals surface area (Å²) in [5.74, 6) is 1.44. The quantitative estimate of drug-likeness (QED) is 0.870. The molecule has 0 aromatic heterocycles. The highest BCUT2D eigenvalue weighted by Gasteiger charge is 2.27. The molecule has 0 radical (unpaired) electrons. The smallest absolute Gasteiger partial charge is 0.0415 e. The number of nitrogens with one attached hydrogen (secondary N) is 1. The number of anilines is 1. The van der Waals surface area contributed by atoms with Gasteiger partial charge in [-0.1, -0.05) is 32.4 Å². The molecule has 2 nitrogen and oxygen atoms in total. The van der Waals surface area contributed by atoms with E-state index in [4.69, 9.17) is 11.6 Å². The molecule has 1 aliphatic rings. The van der Waals surface area contributed by atoms with Crippen molar-refractivity contribution in [3.05, 3.63) is 28.8 Å². The Balaban J connectivity index is 2.15. The molecule has 2 atom stereocenters. The van der Waals surface area contributed by atoms with Gasteiger partial charge in [0.1, 0.15) is 0 Å². The van der Waals surface area contributed by atoms with Gasteiger partial charge in [0, 0.05) is 29.8 Å². The molecule has 1 aliphatic heterocycles. The number of nitrogens with zero attached hydrogens (tertiary/aromatic N) is 1. The summed E-state index contributed by atoms with van der Waals surface area (Å²) in [4.78, 5) is 2.54. The SMILES string of the molecule is CC(C)CNCc1cc(Cl)ccc1N1CC(C)CC1C. The molecule has 1 fully saturated rings. The second-order valence-corrected chi connectivity index (χ2v) is 7.08. The number of hydrogen-bond acceptors (Lipinski definition) is 2. The Morgan fingerprint density at radius 3 is 2.70 bits per heavy atom. The molecule has 1 aromatic carbocycles. The van der Waals surface area contributed by atoms with E-state index >= 15 is 0 Å². The van der Waals surface area contributed by atoms with Gasteiger partial charge in [-0.15, -0.1) is 0 Å². The summed E-state index contributed by atoms with van der Waals surface area (Å²) in [5.41, 5.74) is 2.67. The normalized spacial score (nSPS) is 22.8. The third-order valence-corrected chi connectivity index (χ3v) is 4.24. The minimum absolute atomic E-state index is 0.620. The van der Waals surface area contributed by atoms with Crippen LogP contribution in [0.15, 0.2) is 18.2 Å². The molecule has 112 valence electrons. The molecule has 20 heavy (non-hydrogen) atoms. The highest BCUT2D eigenvalue weighted by molar-refractivity contribution is 6.30. The number of halogens is 1. The van der Waals surface area contributed by atoms with E-state index in [-0.39, 0.29) is 0 Å². The van der Waals surface area contributed by atoms with Crippen molar-refractivity contribution in [2.45, 2.75) is 46.7 Å². The summed E-state index contributed by atoms with van der Waals surface area (Å²) in [5, 5.41) is 4.36. The fraction of sp³-hybridized carbons (Fsp3) is 0.647. The average Bonchev–Trinajstić information content (AvgIpc) is 2.68. The Kier molecular flexibility index (Phi) is 5.34. The average molecular weight is 295 g/mol. The summed E-state index contributed by atoms with van der Waals surface area (Å²) >= 11 is 6.18. The molecule has 2 unspecified atom stereocenters. The lowest BCUT2D eigenvalue weighted by Crippen LogP contribution is -2.29. The van der Waals surface area contributed by atoms with E-state index in [0.29, 0.717) is 12.0 Å². The number of benzene rings is 1. The molecule has 2 rings (SSSR count). The minimum atomic E-state index is 0.620. The summed E-state index contributed by atoms with van der Waals surface area (Å²) < 4.78 is 0. The van der Waals surface area contributed by atoms with Gasteiger partial charge in [-0.3, -0.25) is 0 Å². The van der Waals surface area contributed by atoms with E-state index in [2.05, 4.69) is 50.0 Å². The predicted molar refractivity (Wildman–Crippen MR) is 88.6 cm³/mol. The van der Waals surface area contributed by atoms with Crippen LogP contribution in [0.3, 0.4) is 0 Å². The zero-order valence-corrected chi connectivity index (χ0v) is 13.9. The Morgan fingerprint density at radius 1 is 1.35 bits per heavy atom. The van der Waals surface area contributed by atoms with Crippen LogP contribution in [0.2, 0.25) is 5.02 Å². The first-order valence-electron chi connectivity index (χ1n) is 7.73. The van der Waals surface area contributed by atoms with Gasteiger partial charge in [-0.25, -0.2) is 0 Å². The van der Waals surface area contributed by atoms with Gasteiger partial charge in [0.15, 0.2) is 0 Å². The summed E-state index contributed by atoms with van der Waals surface area (Å²) in [7, 11) is 0. The lowest BCUT2D eigenvalue weighted by Gasteiger charge is -2.27. The molecule has 1 saturated heterocycles. The lowest BCUT2D eigenvalue weighted by molar-refractivity contribution is 0.551. The van der Waals surface area contributed by atoms with Gasteiger partial charge < -0.3 is 10.2 Å². The van der Waals surface area contributed by atoms with Crippen LogP contribution in [-0.2, 0) is 6.54 Å². The van der Waals surface area contributed by atoms with Crippen LogP contribution in [-0.4, -0.2) is 19.1 Å². The molecule has 3 heteroatoms. The topological polar surface area (TPSA) is 15.3 Å². The number of hydrogen-bond donors (Lipinski definition) is 1. The van der Waals surface area contributed by atoms with Gasteiger partial charge >= 0.3 is 0 Å². The highest BCUT2D eigenvalue weighted by Crippen LogP contribution is 2.32. The summed E-state index contributed by atoms with van der Waals surface area (Å²) in [6.45, 7) is 12.2. The summed E-state index contributed by atoms with van der Waals surface area (Å²) in [6.07, 6.45) is 1.28. The maximum Gasteiger partial charge on any atom is 0.0415 e. The zero-order valence-electron chi connectivity index (χ0n) is 13.1. The van der Waals surface area contributed by atoms with E-state index in [1.54, 1.807) is 0 Å². The van der Waals surface area contributed by atoms with Gasteiger partial charge in [-0.2, -0.15) is 0 Å². The van der Waals surface area contributed by atoms with E-state index in [0.717, 1.165) is 30.6 Å². The van der Waals surface area contributed by atoms with Crippen molar-refractivity contribution in [2.24, 2.45) is 11.8 Å². The van der Waals surface area contributed by atoms with Crippen molar-refractivity contribution < 1.29 is 0 Å². The van der Waals surface area contributed by atoms with Crippen molar-refractivity contribution >= 4 is 17.3 Å². The second kappa shape index (κ2) is 6.82. The molecule has 1 aromatic rings. The molecule has 0 bridgehead atoms. The van der Waals surface area contributed by atoms with Crippen molar-refractivity contribution in [2.75, 3.05) is 18.0 Å². The fourth-order valence-corrected chi connectivity index (χ4v) is 3.30. The maximum absolute atomic E-state index is 6.18. The molecule has 0 spiro atoms. The predicted octanol–water partition coefficient (Wildman–Crippen LogP) is 4.32. The second-order valence-electron chi connectivity index (χ2n) is 6.64. The Hall–Kier alpha value is -0.730. The van der Waals surface area contributed by atoms with Gasteiger partial charge in [-0.05, 0) is 55.5 Å². The lowest BCUT2D eigenvalue weighted by atomic mass is 10.1. The van der Waals surface area contributed by atoms with Crippen LogP contribution < -0.4 is 10.2 Å². The first-order valence-corrected chi connectivity index (χ1v) is 8.11. The third-order valence-electron chi connectivity index (χ3n) is 4.00. The molecule has 0 amide bonds. The number of rotatable bonds is 5. The van der Waals surface area contributed by atoms with E-state index in [1.165, 1.54) is 17.7 Å². The van der Waals surface area contributed by atoms with Crippen LogP contribution in [0.1, 0.15) is 39.7 Å². The molecule has 1 heterocycles. The van der Waals surface area contributed by atoms with Crippen molar-refractivity contribution in [1.29, 1.82) is 0 Å². The van der Waals surface area contributed by atoms with E-state index < -0.39 is 0 Å². The van der Waals surface area contributed by atoms with Gasteiger partial charge in [0.25, 0.3) is 0 Å². The molecule has 1 N–H and O–H groups in total. The largest absolute Gasteiger partial charge is 0.368 e. The zero-order chi connectivity index (χ0) is 14.7. The van der Waals surface area contributed by atoms with Gasteiger partial charge in [0.05, 0.1) is 0 Å². The Labute approximate surface area is 128 Å². The standard InChI is InChI=1S/C17H27ClN2/c1-12(2)9-19-10-15-8-16(18)5-6-17(15)20-11-13(3)7-14(20)4/h5-6,8,12-14,19H,7,9-11H2,1-4H3. The Bertz CT molecular complexity index is 445. The Morgan fingerprint density at radius 2 is 2.10 bits per heavy atom. The summed E-state index contributed by atoms with van der Waals surface area (Å²) in [6, 6.07) is 6.93. The fourth-order valence-electron chi connectivity index (χ4n) is 3.11. The van der Waals surface area contributed by atoms with Crippen LogP contribution in [0.5, 0.6) is 0 Å². The van der Waals surface area contributed by atoms with Crippen molar-refractivity contribution in [1.82, 2.24) is 5.32 Å². The van der Waals surface area contributed by atoms with E-state index in [1.807, 2.05) is 6.07 Å².